The molecule has 2 rings (SSSR count). The monoisotopic (exact) mass is 312 g/mol. The topological polar surface area (TPSA) is 50.4 Å². The van der Waals surface area contributed by atoms with Crippen LogP contribution in [0.3, 0.4) is 0 Å². The zero-order valence-corrected chi connectivity index (χ0v) is 13.8. The van der Waals surface area contributed by atoms with Crippen molar-refractivity contribution < 1.29 is 9.53 Å². The maximum absolute atomic E-state index is 11.8. The maximum atomic E-state index is 11.8. The van der Waals surface area contributed by atoms with E-state index in [9.17, 15) is 4.79 Å². The van der Waals surface area contributed by atoms with Crippen molar-refractivity contribution in [2.24, 2.45) is 0 Å². The third kappa shape index (κ3) is 6.02. The van der Waals surface area contributed by atoms with Gasteiger partial charge in [-0.05, 0) is 43.2 Å². The Kier molecular flexibility index (Phi) is 6.48. The Hall–Kier alpha value is -2.49. The quantitative estimate of drug-likeness (QED) is 0.787. The molecule has 0 aliphatic rings. The fourth-order valence-corrected chi connectivity index (χ4v) is 2.25. The number of ether oxygens (including phenoxy) is 1. The van der Waals surface area contributed by atoms with E-state index in [2.05, 4.69) is 29.7 Å². The van der Waals surface area contributed by atoms with Crippen LogP contribution in [0.2, 0.25) is 0 Å². The first-order valence-corrected chi connectivity index (χ1v) is 7.87. The van der Waals surface area contributed by atoms with Crippen LogP contribution in [0.25, 0.3) is 0 Å². The lowest BCUT2D eigenvalue weighted by Gasteiger charge is -2.08. The predicted octanol–water partition coefficient (Wildman–Crippen LogP) is 3.16. The number of nitrogens with one attached hydrogen (secondary N) is 2. The lowest BCUT2D eigenvalue weighted by molar-refractivity contribution is -0.120. The van der Waals surface area contributed by atoms with E-state index in [0.717, 1.165) is 23.4 Å². The van der Waals surface area contributed by atoms with Gasteiger partial charge in [0.15, 0.2) is 0 Å². The Bertz CT molecular complexity index is 624. The summed E-state index contributed by atoms with van der Waals surface area (Å²) in [4.78, 5) is 11.8. The predicted molar refractivity (Wildman–Crippen MR) is 94.0 cm³/mol. The highest BCUT2D eigenvalue weighted by Crippen LogP contribution is 2.12. The molecule has 2 aromatic rings. The summed E-state index contributed by atoms with van der Waals surface area (Å²) in [5.41, 5.74) is 3.42. The molecule has 0 heterocycles. The third-order valence-corrected chi connectivity index (χ3v) is 3.60. The largest absolute Gasteiger partial charge is 0.497 e. The van der Waals surface area contributed by atoms with E-state index in [0.29, 0.717) is 19.5 Å². The van der Waals surface area contributed by atoms with Gasteiger partial charge in [-0.2, -0.15) is 0 Å². The van der Waals surface area contributed by atoms with Crippen molar-refractivity contribution >= 4 is 11.6 Å². The molecular formula is C19H24N2O2. The molecule has 0 bridgehead atoms. The highest BCUT2D eigenvalue weighted by Gasteiger charge is 2.02. The van der Waals surface area contributed by atoms with Crippen LogP contribution in [0.1, 0.15) is 17.5 Å². The van der Waals surface area contributed by atoms with Crippen molar-refractivity contribution in [3.05, 3.63) is 59.7 Å². The van der Waals surface area contributed by atoms with Crippen LogP contribution >= 0.6 is 0 Å². The fraction of sp³-hybridized carbons (Fsp3) is 0.316. The molecule has 0 saturated carbocycles. The molecule has 0 saturated heterocycles. The minimum absolute atomic E-state index is 0.0625. The SMILES string of the molecule is COc1cccc(CCNC(=O)CCNc2ccc(C)cc2)c1. The zero-order valence-electron chi connectivity index (χ0n) is 13.8. The van der Waals surface area contributed by atoms with Crippen LogP contribution in [-0.2, 0) is 11.2 Å². The van der Waals surface area contributed by atoms with Gasteiger partial charge < -0.3 is 15.4 Å². The number of carbonyl (C=O) groups excluding carboxylic acids is 1. The summed E-state index contributed by atoms with van der Waals surface area (Å²) in [6, 6.07) is 16.1. The average molecular weight is 312 g/mol. The molecule has 0 aliphatic carbocycles. The summed E-state index contributed by atoms with van der Waals surface area (Å²) in [7, 11) is 1.65. The number of benzene rings is 2. The van der Waals surface area contributed by atoms with Crippen LogP contribution in [-0.4, -0.2) is 26.1 Å². The van der Waals surface area contributed by atoms with Gasteiger partial charge in [-0.15, -0.1) is 0 Å². The van der Waals surface area contributed by atoms with Crippen molar-refractivity contribution in [1.29, 1.82) is 0 Å². The minimum atomic E-state index is 0.0625. The number of methoxy groups -OCH3 is 1. The molecule has 0 aromatic heterocycles. The number of hydrogen-bond acceptors (Lipinski definition) is 3. The second-order valence-corrected chi connectivity index (χ2v) is 5.49. The van der Waals surface area contributed by atoms with Crippen LogP contribution in [0.5, 0.6) is 5.75 Å². The molecule has 0 unspecified atom stereocenters. The Morgan fingerprint density at radius 2 is 1.87 bits per heavy atom. The van der Waals surface area contributed by atoms with Crippen molar-refractivity contribution in [2.75, 3.05) is 25.5 Å². The number of hydrogen-bond donors (Lipinski definition) is 2. The molecule has 0 atom stereocenters. The Labute approximate surface area is 137 Å². The van der Waals surface area contributed by atoms with E-state index in [4.69, 9.17) is 4.74 Å². The van der Waals surface area contributed by atoms with E-state index >= 15 is 0 Å². The standard InChI is InChI=1S/C19H24N2O2/c1-15-6-8-17(9-7-15)20-13-11-19(22)21-12-10-16-4-3-5-18(14-16)23-2/h3-9,14,20H,10-13H2,1-2H3,(H,21,22). The van der Waals surface area contributed by atoms with E-state index in [1.165, 1.54) is 5.56 Å². The van der Waals surface area contributed by atoms with Gasteiger partial charge in [-0.25, -0.2) is 0 Å². The van der Waals surface area contributed by atoms with Crippen molar-refractivity contribution in [3.8, 4) is 5.75 Å². The third-order valence-electron chi connectivity index (χ3n) is 3.60. The summed E-state index contributed by atoms with van der Waals surface area (Å²) in [6.45, 7) is 3.32. The molecule has 4 heteroatoms. The Balaban J connectivity index is 1.64. The Morgan fingerprint density at radius 3 is 2.61 bits per heavy atom. The van der Waals surface area contributed by atoms with E-state index in [1.807, 2.05) is 36.4 Å². The van der Waals surface area contributed by atoms with E-state index in [-0.39, 0.29) is 5.91 Å². The molecule has 0 aliphatic heterocycles. The van der Waals surface area contributed by atoms with E-state index in [1.54, 1.807) is 7.11 Å². The summed E-state index contributed by atoms with van der Waals surface area (Å²) >= 11 is 0. The van der Waals surface area contributed by atoms with Crippen LogP contribution in [0, 0.1) is 6.92 Å². The second kappa shape index (κ2) is 8.83. The number of rotatable bonds is 8. The molecule has 23 heavy (non-hydrogen) atoms. The lowest BCUT2D eigenvalue weighted by Crippen LogP contribution is -2.27. The van der Waals surface area contributed by atoms with Gasteiger partial charge in [-0.3, -0.25) is 4.79 Å². The lowest BCUT2D eigenvalue weighted by atomic mass is 10.1. The molecule has 2 N–H and O–H groups in total. The van der Waals surface area contributed by atoms with Gasteiger partial charge in [0.25, 0.3) is 0 Å². The highest BCUT2D eigenvalue weighted by molar-refractivity contribution is 5.76. The molecule has 2 aromatic carbocycles. The van der Waals surface area contributed by atoms with Crippen LogP contribution < -0.4 is 15.4 Å². The number of anilines is 1. The average Bonchev–Trinajstić information content (AvgIpc) is 2.57. The van der Waals surface area contributed by atoms with Gasteiger partial charge in [0.05, 0.1) is 7.11 Å². The summed E-state index contributed by atoms with van der Waals surface area (Å²) < 4.78 is 5.19. The summed E-state index contributed by atoms with van der Waals surface area (Å²) in [5.74, 6) is 0.906. The molecule has 1 amide bonds. The number of carbonyl (C=O) groups is 1. The van der Waals surface area contributed by atoms with Crippen LogP contribution in [0.15, 0.2) is 48.5 Å². The van der Waals surface area contributed by atoms with E-state index < -0.39 is 0 Å². The van der Waals surface area contributed by atoms with Crippen molar-refractivity contribution in [3.63, 3.8) is 0 Å². The highest BCUT2D eigenvalue weighted by atomic mass is 16.5. The minimum Gasteiger partial charge on any atom is -0.497 e. The summed E-state index contributed by atoms with van der Waals surface area (Å²) in [6.07, 6.45) is 1.26. The first-order chi connectivity index (χ1) is 11.2. The van der Waals surface area contributed by atoms with Gasteiger partial charge in [0, 0.05) is 25.2 Å². The molecular weight excluding hydrogens is 288 g/mol. The molecule has 4 nitrogen and oxygen atoms in total. The van der Waals surface area contributed by atoms with Gasteiger partial charge in [0.1, 0.15) is 5.75 Å². The van der Waals surface area contributed by atoms with Crippen molar-refractivity contribution in [1.82, 2.24) is 5.32 Å². The number of amides is 1. The zero-order chi connectivity index (χ0) is 16.5. The second-order valence-electron chi connectivity index (χ2n) is 5.49. The normalized spacial score (nSPS) is 10.2. The maximum Gasteiger partial charge on any atom is 0.221 e. The molecule has 0 radical (unpaired) electrons. The van der Waals surface area contributed by atoms with Gasteiger partial charge >= 0.3 is 0 Å². The smallest absolute Gasteiger partial charge is 0.221 e. The summed E-state index contributed by atoms with van der Waals surface area (Å²) in [5, 5.41) is 6.19. The molecule has 0 fully saturated rings. The first-order valence-electron chi connectivity index (χ1n) is 7.87. The first kappa shape index (κ1) is 16.9. The van der Waals surface area contributed by atoms with Crippen molar-refractivity contribution in [2.45, 2.75) is 19.8 Å². The molecule has 0 spiro atoms. The Morgan fingerprint density at radius 1 is 1.09 bits per heavy atom. The number of aryl methyl sites for hydroxylation is 1. The fourth-order valence-electron chi connectivity index (χ4n) is 2.25. The van der Waals surface area contributed by atoms with Gasteiger partial charge in [0.2, 0.25) is 5.91 Å². The molecule has 122 valence electrons. The van der Waals surface area contributed by atoms with Gasteiger partial charge in [-0.1, -0.05) is 29.8 Å². The van der Waals surface area contributed by atoms with Crippen LogP contribution in [0.4, 0.5) is 5.69 Å².